The molecule has 7 nitrogen and oxygen atoms in total. The number of para-hydroxylation sites is 1. The molecule has 7 heteroatoms. The van der Waals surface area contributed by atoms with Crippen LogP contribution in [0.2, 0.25) is 0 Å². The Morgan fingerprint density at radius 3 is 2.64 bits per heavy atom. The van der Waals surface area contributed by atoms with Gasteiger partial charge in [-0.1, -0.05) is 18.2 Å². The maximum absolute atomic E-state index is 12.6. The summed E-state index contributed by atoms with van der Waals surface area (Å²) >= 11 is 0. The lowest BCUT2D eigenvalue weighted by Gasteiger charge is -2.30. The fourth-order valence-corrected chi connectivity index (χ4v) is 3.19. The fourth-order valence-electron chi connectivity index (χ4n) is 3.19. The number of carboxylic acid groups (broad SMARTS) is 1. The van der Waals surface area contributed by atoms with Crippen molar-refractivity contribution in [2.24, 2.45) is 5.92 Å². The topological polar surface area (TPSA) is 87.5 Å². The highest BCUT2D eigenvalue weighted by Gasteiger charge is 2.29. The third kappa shape index (κ3) is 3.50. The number of aryl methyl sites for hydroxylation is 1. The van der Waals surface area contributed by atoms with Gasteiger partial charge in [-0.3, -0.25) is 4.79 Å². The Morgan fingerprint density at radius 1 is 1.24 bits per heavy atom. The number of hydrogen-bond acceptors (Lipinski definition) is 3. The molecule has 1 atom stereocenters. The smallest absolute Gasteiger partial charge is 0.321 e. The Bertz CT molecular complexity index is 785. The van der Waals surface area contributed by atoms with Crippen LogP contribution in [0, 0.1) is 19.8 Å². The minimum absolute atomic E-state index is 0.242. The Morgan fingerprint density at radius 2 is 1.96 bits per heavy atom. The van der Waals surface area contributed by atoms with Crippen molar-refractivity contribution in [1.82, 2.24) is 14.7 Å². The van der Waals surface area contributed by atoms with Crippen molar-refractivity contribution >= 4 is 17.7 Å². The van der Waals surface area contributed by atoms with E-state index in [1.165, 1.54) is 0 Å². The van der Waals surface area contributed by atoms with Crippen LogP contribution in [-0.2, 0) is 4.79 Å². The first-order valence-corrected chi connectivity index (χ1v) is 8.37. The molecule has 0 bridgehead atoms. The summed E-state index contributed by atoms with van der Waals surface area (Å²) < 4.78 is 1.79. The van der Waals surface area contributed by atoms with Gasteiger partial charge < -0.3 is 15.3 Å². The molecule has 0 saturated carbocycles. The lowest BCUT2D eigenvalue weighted by atomic mass is 9.99. The number of hydrogen-bond donors (Lipinski definition) is 2. The molecule has 1 saturated heterocycles. The van der Waals surface area contributed by atoms with Gasteiger partial charge in [0.1, 0.15) is 0 Å². The number of aliphatic carboxylic acids is 1. The van der Waals surface area contributed by atoms with E-state index in [0.29, 0.717) is 25.1 Å². The van der Waals surface area contributed by atoms with E-state index in [9.17, 15) is 14.7 Å². The van der Waals surface area contributed by atoms with E-state index in [1.54, 1.807) is 9.58 Å². The first-order chi connectivity index (χ1) is 12.0. The highest BCUT2D eigenvalue weighted by atomic mass is 16.4. The first-order valence-electron chi connectivity index (χ1n) is 8.37. The number of likely N-dealkylation sites (tertiary alicyclic amines) is 1. The summed E-state index contributed by atoms with van der Waals surface area (Å²) in [6, 6.07) is 9.44. The van der Waals surface area contributed by atoms with E-state index in [-0.39, 0.29) is 12.6 Å². The molecule has 2 heterocycles. The number of urea groups is 1. The summed E-state index contributed by atoms with van der Waals surface area (Å²) in [6.07, 6.45) is 1.31. The number of anilines is 1. The van der Waals surface area contributed by atoms with Crippen LogP contribution in [0.25, 0.3) is 5.69 Å². The second-order valence-electron chi connectivity index (χ2n) is 6.35. The van der Waals surface area contributed by atoms with Crippen molar-refractivity contribution < 1.29 is 14.7 Å². The minimum atomic E-state index is -0.846. The molecule has 132 valence electrons. The maximum Gasteiger partial charge on any atom is 0.321 e. The van der Waals surface area contributed by atoms with Gasteiger partial charge >= 0.3 is 12.0 Å². The molecule has 1 aliphatic rings. The molecule has 1 aromatic carbocycles. The Labute approximate surface area is 146 Å². The highest BCUT2D eigenvalue weighted by Crippen LogP contribution is 2.24. The zero-order chi connectivity index (χ0) is 18.0. The number of aromatic nitrogens is 2. The van der Waals surface area contributed by atoms with Crippen LogP contribution < -0.4 is 5.32 Å². The number of carbonyl (C=O) groups excluding carboxylic acids is 1. The van der Waals surface area contributed by atoms with Crippen molar-refractivity contribution in [3.05, 3.63) is 41.7 Å². The number of carbonyl (C=O) groups is 2. The Kier molecular flexibility index (Phi) is 4.74. The maximum atomic E-state index is 12.6. The number of piperidine rings is 1. The van der Waals surface area contributed by atoms with Gasteiger partial charge in [-0.2, -0.15) is 5.10 Å². The van der Waals surface area contributed by atoms with Crippen LogP contribution in [0.1, 0.15) is 24.2 Å². The predicted molar refractivity (Wildman–Crippen MR) is 94.0 cm³/mol. The van der Waals surface area contributed by atoms with E-state index in [4.69, 9.17) is 0 Å². The summed E-state index contributed by atoms with van der Waals surface area (Å²) in [7, 11) is 0. The molecule has 1 fully saturated rings. The average Bonchev–Trinajstić information content (AvgIpc) is 2.90. The van der Waals surface area contributed by atoms with Gasteiger partial charge in [0.15, 0.2) is 0 Å². The van der Waals surface area contributed by atoms with Crippen molar-refractivity contribution in [2.75, 3.05) is 18.4 Å². The van der Waals surface area contributed by atoms with Crippen LogP contribution in [-0.4, -0.2) is 44.9 Å². The zero-order valence-electron chi connectivity index (χ0n) is 14.4. The largest absolute Gasteiger partial charge is 0.481 e. The van der Waals surface area contributed by atoms with Gasteiger partial charge in [0.25, 0.3) is 0 Å². The lowest BCUT2D eigenvalue weighted by Crippen LogP contribution is -2.44. The van der Waals surface area contributed by atoms with Gasteiger partial charge in [-0.25, -0.2) is 9.48 Å². The van der Waals surface area contributed by atoms with Crippen LogP contribution >= 0.6 is 0 Å². The highest BCUT2D eigenvalue weighted by molar-refractivity contribution is 5.91. The average molecular weight is 342 g/mol. The molecule has 2 aromatic rings. The molecule has 0 spiro atoms. The van der Waals surface area contributed by atoms with Gasteiger partial charge in [0, 0.05) is 13.1 Å². The standard InChI is InChI=1S/C18H22N4O3/c1-12-16(13(2)22(20-12)15-8-4-3-5-9-15)19-18(25)21-10-6-7-14(11-21)17(23)24/h3-5,8-9,14H,6-7,10-11H2,1-2H3,(H,19,25)(H,23,24). The summed E-state index contributed by atoms with van der Waals surface area (Å²) in [5, 5.41) is 16.6. The quantitative estimate of drug-likeness (QED) is 0.898. The third-order valence-electron chi connectivity index (χ3n) is 4.58. The summed E-state index contributed by atoms with van der Waals surface area (Å²) in [5.41, 5.74) is 3.16. The van der Waals surface area contributed by atoms with E-state index in [1.807, 2.05) is 44.2 Å². The van der Waals surface area contributed by atoms with Crippen molar-refractivity contribution in [3.8, 4) is 5.69 Å². The monoisotopic (exact) mass is 342 g/mol. The number of nitrogens with zero attached hydrogens (tertiary/aromatic N) is 3. The molecular formula is C18H22N4O3. The molecule has 3 rings (SSSR count). The van der Waals surface area contributed by atoms with Crippen molar-refractivity contribution in [3.63, 3.8) is 0 Å². The molecule has 0 aliphatic carbocycles. The van der Waals surface area contributed by atoms with Crippen LogP contribution in [0.15, 0.2) is 30.3 Å². The number of rotatable bonds is 3. The number of amides is 2. The first kappa shape index (κ1) is 17.0. The molecule has 1 unspecified atom stereocenters. The van der Waals surface area contributed by atoms with Crippen molar-refractivity contribution in [2.45, 2.75) is 26.7 Å². The summed E-state index contributed by atoms with van der Waals surface area (Å²) in [4.78, 5) is 25.3. The molecule has 1 aromatic heterocycles. The predicted octanol–water partition coefficient (Wildman–Crippen LogP) is 2.82. The minimum Gasteiger partial charge on any atom is -0.481 e. The summed E-state index contributed by atoms with van der Waals surface area (Å²) in [6.45, 7) is 4.56. The number of benzene rings is 1. The van der Waals surface area contributed by atoms with E-state index >= 15 is 0 Å². The van der Waals surface area contributed by atoms with Gasteiger partial charge in [0.2, 0.25) is 0 Å². The third-order valence-corrected chi connectivity index (χ3v) is 4.58. The molecular weight excluding hydrogens is 320 g/mol. The second kappa shape index (κ2) is 6.96. The van der Waals surface area contributed by atoms with Crippen LogP contribution in [0.3, 0.4) is 0 Å². The van der Waals surface area contributed by atoms with Crippen LogP contribution in [0.4, 0.5) is 10.5 Å². The number of carboxylic acids is 1. The second-order valence-corrected chi connectivity index (χ2v) is 6.35. The molecule has 1 aliphatic heterocycles. The Balaban J connectivity index is 1.78. The van der Waals surface area contributed by atoms with Gasteiger partial charge in [0.05, 0.1) is 28.7 Å². The van der Waals surface area contributed by atoms with E-state index in [2.05, 4.69) is 10.4 Å². The normalized spacial score (nSPS) is 17.4. The Hall–Kier alpha value is -2.83. The zero-order valence-corrected chi connectivity index (χ0v) is 14.4. The van der Waals surface area contributed by atoms with Crippen LogP contribution in [0.5, 0.6) is 0 Å². The van der Waals surface area contributed by atoms with E-state index < -0.39 is 11.9 Å². The van der Waals surface area contributed by atoms with Gasteiger partial charge in [-0.15, -0.1) is 0 Å². The van der Waals surface area contributed by atoms with E-state index in [0.717, 1.165) is 17.1 Å². The SMILES string of the molecule is Cc1nn(-c2ccccc2)c(C)c1NC(=O)N1CCCC(C(=O)O)C1. The molecule has 0 radical (unpaired) electrons. The number of nitrogens with one attached hydrogen (secondary N) is 1. The summed E-state index contributed by atoms with van der Waals surface area (Å²) in [5.74, 6) is -1.34. The lowest BCUT2D eigenvalue weighted by molar-refractivity contribution is -0.143. The molecule has 25 heavy (non-hydrogen) atoms. The molecule has 2 amide bonds. The van der Waals surface area contributed by atoms with Gasteiger partial charge in [-0.05, 0) is 38.8 Å². The van der Waals surface area contributed by atoms with Crippen molar-refractivity contribution in [1.29, 1.82) is 0 Å². The molecule has 2 N–H and O–H groups in total. The fraction of sp³-hybridized carbons (Fsp3) is 0.389.